The zero-order valence-electron chi connectivity index (χ0n) is 15.5. The Morgan fingerprint density at radius 3 is 2.71 bits per heavy atom. The minimum atomic E-state index is -0.540. The molecule has 2 aliphatic heterocycles. The van der Waals surface area contributed by atoms with E-state index in [1.807, 2.05) is 41.9 Å². The van der Waals surface area contributed by atoms with Gasteiger partial charge in [0.1, 0.15) is 10.8 Å². The highest BCUT2D eigenvalue weighted by atomic mass is 32.1. The summed E-state index contributed by atoms with van der Waals surface area (Å²) in [5.41, 5.74) is -0.0301. The van der Waals surface area contributed by atoms with Crippen LogP contribution in [0.3, 0.4) is 0 Å². The Morgan fingerprint density at radius 2 is 1.93 bits per heavy atom. The molecule has 144 valence electrons. The van der Waals surface area contributed by atoms with Crippen molar-refractivity contribution in [3.05, 3.63) is 79.0 Å². The lowest BCUT2D eigenvalue weighted by molar-refractivity contribution is 0.246. The third-order valence-electron chi connectivity index (χ3n) is 5.77. The molecule has 2 aromatic heterocycles. The van der Waals surface area contributed by atoms with Crippen molar-refractivity contribution in [2.24, 2.45) is 5.41 Å². The zero-order chi connectivity index (χ0) is 19.1. The Hall–Kier alpha value is -2.58. The van der Waals surface area contributed by atoms with Crippen LogP contribution in [0, 0.1) is 5.41 Å². The summed E-state index contributed by atoms with van der Waals surface area (Å²) in [5.74, 6) is 0.733. The van der Waals surface area contributed by atoms with E-state index in [9.17, 15) is 9.59 Å². The highest BCUT2D eigenvalue weighted by Crippen LogP contribution is 2.39. The second-order valence-corrected chi connectivity index (χ2v) is 8.80. The molecule has 3 aromatic rings. The standard InChI is InChI=1S/C20H21N5O2S/c26-18-19(27)25(11-15-4-2-1-3-5-15)22-16-10-20(14-24(16)18)6-8-23(13-20)12-17-21-7-9-28-17/h1-5,7,9H,6,8,10-14H2/t20-/m1/s1. The molecule has 7 nitrogen and oxygen atoms in total. The van der Waals surface area contributed by atoms with Crippen molar-refractivity contribution in [3.8, 4) is 0 Å². The third kappa shape index (κ3) is 3.12. The summed E-state index contributed by atoms with van der Waals surface area (Å²) in [5, 5.41) is 7.68. The molecular weight excluding hydrogens is 374 g/mol. The fraction of sp³-hybridized carbons (Fsp3) is 0.400. The molecule has 0 N–H and O–H groups in total. The van der Waals surface area contributed by atoms with Crippen molar-refractivity contribution in [2.45, 2.75) is 32.5 Å². The van der Waals surface area contributed by atoms with Crippen molar-refractivity contribution < 1.29 is 0 Å². The first kappa shape index (κ1) is 17.5. The highest BCUT2D eigenvalue weighted by molar-refractivity contribution is 7.09. The topological polar surface area (TPSA) is 73.0 Å². The molecule has 0 amide bonds. The number of nitrogens with zero attached hydrogens (tertiary/aromatic N) is 5. The van der Waals surface area contributed by atoms with Gasteiger partial charge in [-0.1, -0.05) is 30.3 Å². The lowest BCUT2D eigenvalue weighted by atomic mass is 9.86. The van der Waals surface area contributed by atoms with Crippen LogP contribution in [0.25, 0.3) is 0 Å². The van der Waals surface area contributed by atoms with Crippen LogP contribution in [0.15, 0.2) is 51.5 Å². The van der Waals surface area contributed by atoms with Gasteiger partial charge in [0.15, 0.2) is 0 Å². The highest BCUT2D eigenvalue weighted by Gasteiger charge is 2.44. The molecule has 0 aliphatic carbocycles. The summed E-state index contributed by atoms with van der Waals surface area (Å²) < 4.78 is 2.93. The molecule has 1 aromatic carbocycles. The van der Waals surface area contributed by atoms with Crippen LogP contribution < -0.4 is 11.1 Å². The Balaban J connectivity index is 1.39. The van der Waals surface area contributed by atoms with Gasteiger partial charge in [0.2, 0.25) is 0 Å². The summed E-state index contributed by atoms with van der Waals surface area (Å²) >= 11 is 1.67. The van der Waals surface area contributed by atoms with Crippen molar-refractivity contribution >= 4 is 11.3 Å². The second kappa shape index (κ2) is 6.79. The number of aromatic nitrogens is 4. The van der Waals surface area contributed by atoms with Gasteiger partial charge in [-0.05, 0) is 18.5 Å². The van der Waals surface area contributed by atoms with Gasteiger partial charge in [0.25, 0.3) is 0 Å². The van der Waals surface area contributed by atoms with Gasteiger partial charge in [-0.25, -0.2) is 9.67 Å². The van der Waals surface area contributed by atoms with E-state index < -0.39 is 11.1 Å². The Morgan fingerprint density at radius 1 is 1.07 bits per heavy atom. The Bertz CT molecular complexity index is 1110. The van der Waals surface area contributed by atoms with E-state index in [1.54, 1.807) is 15.9 Å². The minimum absolute atomic E-state index is 0.00517. The molecule has 0 unspecified atom stereocenters. The van der Waals surface area contributed by atoms with E-state index in [0.29, 0.717) is 13.1 Å². The van der Waals surface area contributed by atoms with E-state index in [1.165, 1.54) is 4.68 Å². The predicted molar refractivity (Wildman–Crippen MR) is 106 cm³/mol. The summed E-state index contributed by atoms with van der Waals surface area (Å²) in [6.07, 6.45) is 3.59. The minimum Gasteiger partial charge on any atom is -0.296 e. The molecule has 0 radical (unpaired) electrons. The number of rotatable bonds is 4. The van der Waals surface area contributed by atoms with Gasteiger partial charge in [0, 0.05) is 36.5 Å². The summed E-state index contributed by atoms with van der Waals surface area (Å²) in [4.78, 5) is 32.0. The van der Waals surface area contributed by atoms with Crippen molar-refractivity contribution in [3.63, 3.8) is 0 Å². The van der Waals surface area contributed by atoms with Crippen molar-refractivity contribution in [2.75, 3.05) is 13.1 Å². The number of benzene rings is 1. The quantitative estimate of drug-likeness (QED) is 0.624. The monoisotopic (exact) mass is 395 g/mol. The first-order valence-electron chi connectivity index (χ1n) is 9.47. The molecule has 8 heteroatoms. The van der Waals surface area contributed by atoms with Crippen LogP contribution in [0.4, 0.5) is 0 Å². The van der Waals surface area contributed by atoms with Crippen LogP contribution in [-0.2, 0) is 26.1 Å². The van der Waals surface area contributed by atoms with Crippen LogP contribution in [0.1, 0.15) is 22.8 Å². The molecule has 0 bridgehead atoms. The molecule has 1 fully saturated rings. The lowest BCUT2D eigenvalue weighted by Crippen LogP contribution is -2.43. The molecule has 1 saturated heterocycles. The van der Waals surface area contributed by atoms with Gasteiger partial charge in [-0.3, -0.25) is 19.1 Å². The number of thiazole rings is 1. The molecule has 2 aliphatic rings. The van der Waals surface area contributed by atoms with Gasteiger partial charge in [0.05, 0.1) is 13.1 Å². The van der Waals surface area contributed by atoms with E-state index in [4.69, 9.17) is 0 Å². The average molecular weight is 395 g/mol. The zero-order valence-corrected chi connectivity index (χ0v) is 16.3. The first-order chi connectivity index (χ1) is 13.6. The molecule has 5 rings (SSSR count). The molecule has 1 atom stereocenters. The predicted octanol–water partition coefficient (Wildman–Crippen LogP) is 1.36. The second-order valence-electron chi connectivity index (χ2n) is 7.82. The maximum absolute atomic E-state index is 12.7. The lowest BCUT2D eigenvalue weighted by Gasteiger charge is -2.22. The third-order valence-corrected chi connectivity index (χ3v) is 6.54. The van der Waals surface area contributed by atoms with Crippen molar-refractivity contribution in [1.29, 1.82) is 0 Å². The van der Waals surface area contributed by atoms with Gasteiger partial charge < -0.3 is 0 Å². The number of fused-ring (bicyclic) bond motifs is 1. The molecular formula is C20H21N5O2S. The van der Waals surface area contributed by atoms with Crippen LogP contribution in [-0.4, -0.2) is 37.3 Å². The van der Waals surface area contributed by atoms with Crippen LogP contribution in [0.5, 0.6) is 0 Å². The van der Waals surface area contributed by atoms with Gasteiger partial charge >= 0.3 is 11.1 Å². The van der Waals surface area contributed by atoms with Gasteiger partial charge in [-0.15, -0.1) is 11.3 Å². The normalized spacial score (nSPS) is 21.4. The molecule has 4 heterocycles. The fourth-order valence-electron chi connectivity index (χ4n) is 4.42. The molecule has 0 saturated carbocycles. The summed E-state index contributed by atoms with van der Waals surface area (Å²) in [7, 11) is 0. The summed E-state index contributed by atoms with van der Waals surface area (Å²) in [6.45, 7) is 3.65. The van der Waals surface area contributed by atoms with Crippen molar-refractivity contribution in [1.82, 2.24) is 24.2 Å². The van der Waals surface area contributed by atoms with Crippen LogP contribution >= 0.6 is 11.3 Å². The van der Waals surface area contributed by atoms with E-state index in [2.05, 4.69) is 15.0 Å². The first-order valence-corrected chi connectivity index (χ1v) is 10.4. The molecule has 28 heavy (non-hydrogen) atoms. The van der Waals surface area contributed by atoms with E-state index in [0.717, 1.165) is 48.9 Å². The number of hydrogen-bond donors (Lipinski definition) is 0. The average Bonchev–Trinajstić information content (AvgIpc) is 3.42. The smallest absolute Gasteiger partial charge is 0.296 e. The van der Waals surface area contributed by atoms with E-state index >= 15 is 0 Å². The largest absolute Gasteiger partial charge is 0.332 e. The van der Waals surface area contributed by atoms with Crippen LogP contribution in [0.2, 0.25) is 0 Å². The maximum Gasteiger partial charge on any atom is 0.332 e. The SMILES string of the molecule is O=c1c(=O)n2c(nn1Cc1ccccc1)C[C@@]1(CCN(Cc3nccs3)C1)C2. The number of likely N-dealkylation sites (tertiary alicyclic amines) is 1. The van der Waals surface area contributed by atoms with E-state index in [-0.39, 0.29) is 5.41 Å². The molecule has 1 spiro atoms. The Kier molecular flexibility index (Phi) is 4.25. The number of hydrogen-bond acceptors (Lipinski definition) is 6. The summed E-state index contributed by atoms with van der Waals surface area (Å²) in [6, 6.07) is 9.65. The fourth-order valence-corrected chi connectivity index (χ4v) is 5.08. The Labute approximate surface area is 165 Å². The maximum atomic E-state index is 12.7. The van der Waals surface area contributed by atoms with Gasteiger partial charge in [-0.2, -0.15) is 5.10 Å².